The first kappa shape index (κ1) is 13.3. The van der Waals surface area contributed by atoms with Crippen molar-refractivity contribution in [3.8, 4) is 0 Å². The van der Waals surface area contributed by atoms with E-state index in [1.54, 1.807) is 7.11 Å². The van der Waals surface area contributed by atoms with Gasteiger partial charge in [0.15, 0.2) is 0 Å². The van der Waals surface area contributed by atoms with E-state index in [4.69, 9.17) is 4.74 Å². The lowest BCUT2D eigenvalue weighted by Crippen LogP contribution is -2.43. The summed E-state index contributed by atoms with van der Waals surface area (Å²) in [6.45, 7) is 8.83. The van der Waals surface area contributed by atoms with E-state index in [-0.39, 0.29) is 17.5 Å². The van der Waals surface area contributed by atoms with E-state index < -0.39 is 0 Å². The molecular weight excluding hydrogens is 204 g/mol. The van der Waals surface area contributed by atoms with Crippen LogP contribution in [0.1, 0.15) is 33.6 Å². The van der Waals surface area contributed by atoms with Gasteiger partial charge in [-0.3, -0.25) is 0 Å². The molecule has 1 aliphatic heterocycles. The van der Waals surface area contributed by atoms with Crippen molar-refractivity contribution in [1.29, 1.82) is 0 Å². The summed E-state index contributed by atoms with van der Waals surface area (Å²) in [4.78, 5) is 13.8. The number of amides is 2. The molecule has 16 heavy (non-hydrogen) atoms. The van der Waals surface area contributed by atoms with Gasteiger partial charge >= 0.3 is 6.03 Å². The van der Waals surface area contributed by atoms with Crippen molar-refractivity contribution in [3.05, 3.63) is 0 Å². The summed E-state index contributed by atoms with van der Waals surface area (Å²) in [5, 5.41) is 3.00. The van der Waals surface area contributed by atoms with Gasteiger partial charge in [-0.1, -0.05) is 13.8 Å². The van der Waals surface area contributed by atoms with Crippen LogP contribution in [-0.2, 0) is 4.74 Å². The number of carbonyl (C=O) groups excluding carboxylic acids is 1. The fourth-order valence-electron chi connectivity index (χ4n) is 1.95. The number of carbonyl (C=O) groups is 1. The SMILES string of the molecule is COCC[C@H](C)NC(=O)N1CCC(C)(C)C1. The summed E-state index contributed by atoms with van der Waals surface area (Å²) in [5.41, 5.74) is 0.271. The minimum Gasteiger partial charge on any atom is -0.385 e. The van der Waals surface area contributed by atoms with Crippen LogP contribution in [0.15, 0.2) is 0 Å². The third kappa shape index (κ3) is 4.00. The molecule has 1 heterocycles. The smallest absolute Gasteiger partial charge is 0.317 e. The summed E-state index contributed by atoms with van der Waals surface area (Å²) < 4.78 is 4.99. The van der Waals surface area contributed by atoms with Gasteiger partial charge in [-0.25, -0.2) is 4.79 Å². The molecule has 0 aromatic rings. The molecule has 0 unspecified atom stereocenters. The molecule has 0 spiro atoms. The van der Waals surface area contributed by atoms with Gasteiger partial charge in [-0.05, 0) is 25.2 Å². The topological polar surface area (TPSA) is 41.6 Å². The fourth-order valence-corrected chi connectivity index (χ4v) is 1.95. The molecule has 1 aliphatic rings. The second-order valence-electron chi connectivity index (χ2n) is 5.47. The van der Waals surface area contributed by atoms with Crippen molar-refractivity contribution >= 4 is 6.03 Å². The Bertz CT molecular complexity index is 241. The van der Waals surface area contributed by atoms with Gasteiger partial charge in [0.25, 0.3) is 0 Å². The number of hydrogen-bond donors (Lipinski definition) is 1. The Balaban J connectivity index is 2.30. The van der Waals surface area contributed by atoms with E-state index in [0.29, 0.717) is 6.61 Å². The zero-order valence-electron chi connectivity index (χ0n) is 10.9. The van der Waals surface area contributed by atoms with E-state index in [1.165, 1.54) is 0 Å². The lowest BCUT2D eigenvalue weighted by atomic mass is 9.93. The van der Waals surface area contributed by atoms with E-state index in [9.17, 15) is 4.79 Å². The van der Waals surface area contributed by atoms with Crippen molar-refractivity contribution in [2.24, 2.45) is 5.41 Å². The number of likely N-dealkylation sites (tertiary alicyclic amines) is 1. The highest BCUT2D eigenvalue weighted by molar-refractivity contribution is 5.74. The van der Waals surface area contributed by atoms with E-state index in [1.807, 2.05) is 11.8 Å². The summed E-state index contributed by atoms with van der Waals surface area (Å²) in [7, 11) is 1.68. The zero-order chi connectivity index (χ0) is 12.2. The molecule has 1 saturated heterocycles. The predicted molar refractivity (Wildman–Crippen MR) is 64.5 cm³/mol. The summed E-state index contributed by atoms with van der Waals surface area (Å²) >= 11 is 0. The first-order chi connectivity index (χ1) is 7.44. The normalized spacial score (nSPS) is 20.9. The van der Waals surface area contributed by atoms with Crippen LogP contribution in [-0.4, -0.2) is 43.8 Å². The van der Waals surface area contributed by atoms with Crippen LogP contribution in [0, 0.1) is 5.41 Å². The van der Waals surface area contributed by atoms with Crippen molar-refractivity contribution in [3.63, 3.8) is 0 Å². The summed E-state index contributed by atoms with van der Waals surface area (Å²) in [6.07, 6.45) is 1.95. The highest BCUT2D eigenvalue weighted by Crippen LogP contribution is 2.28. The zero-order valence-corrected chi connectivity index (χ0v) is 10.9. The van der Waals surface area contributed by atoms with Crippen LogP contribution in [0.2, 0.25) is 0 Å². The largest absolute Gasteiger partial charge is 0.385 e. The maximum atomic E-state index is 11.9. The van der Waals surface area contributed by atoms with Crippen LogP contribution in [0.4, 0.5) is 4.79 Å². The fraction of sp³-hybridized carbons (Fsp3) is 0.917. The highest BCUT2D eigenvalue weighted by Gasteiger charge is 2.32. The molecule has 4 heteroatoms. The summed E-state index contributed by atoms with van der Waals surface area (Å²) in [5.74, 6) is 0. The monoisotopic (exact) mass is 228 g/mol. The molecule has 0 bridgehead atoms. The Morgan fingerprint density at radius 3 is 2.75 bits per heavy atom. The second kappa shape index (κ2) is 5.53. The van der Waals surface area contributed by atoms with Crippen molar-refractivity contribution < 1.29 is 9.53 Å². The quantitative estimate of drug-likeness (QED) is 0.798. The molecule has 0 aromatic carbocycles. The van der Waals surface area contributed by atoms with Gasteiger partial charge < -0.3 is 15.0 Å². The number of methoxy groups -OCH3 is 1. The van der Waals surface area contributed by atoms with Crippen molar-refractivity contribution in [2.45, 2.75) is 39.7 Å². The van der Waals surface area contributed by atoms with Gasteiger partial charge in [0, 0.05) is 32.8 Å². The standard InChI is InChI=1S/C12H24N2O2/c1-10(5-8-16-4)13-11(15)14-7-6-12(2,3)9-14/h10H,5-9H2,1-4H3,(H,13,15)/t10-/m0/s1. The molecular formula is C12H24N2O2. The Morgan fingerprint density at radius 2 is 2.25 bits per heavy atom. The van der Waals surface area contributed by atoms with Crippen LogP contribution in [0.5, 0.6) is 0 Å². The second-order valence-corrected chi connectivity index (χ2v) is 5.47. The van der Waals surface area contributed by atoms with Gasteiger partial charge in [0.05, 0.1) is 0 Å². The average molecular weight is 228 g/mol. The molecule has 94 valence electrons. The lowest BCUT2D eigenvalue weighted by Gasteiger charge is -2.22. The molecule has 4 nitrogen and oxygen atoms in total. The number of urea groups is 1. The van der Waals surface area contributed by atoms with Gasteiger partial charge in [-0.15, -0.1) is 0 Å². The van der Waals surface area contributed by atoms with Crippen molar-refractivity contribution in [1.82, 2.24) is 10.2 Å². The van der Waals surface area contributed by atoms with Gasteiger partial charge in [0.2, 0.25) is 0 Å². The molecule has 0 saturated carbocycles. The number of nitrogens with zero attached hydrogens (tertiary/aromatic N) is 1. The Labute approximate surface area is 98.3 Å². The first-order valence-electron chi connectivity index (χ1n) is 5.99. The molecule has 2 amide bonds. The van der Waals surface area contributed by atoms with Gasteiger partial charge in [0.1, 0.15) is 0 Å². The number of rotatable bonds is 4. The molecule has 0 aromatic heterocycles. The third-order valence-corrected chi connectivity index (χ3v) is 3.09. The molecule has 1 fully saturated rings. The average Bonchev–Trinajstić information content (AvgIpc) is 2.56. The lowest BCUT2D eigenvalue weighted by molar-refractivity contribution is 0.176. The Morgan fingerprint density at radius 1 is 1.56 bits per heavy atom. The predicted octanol–water partition coefficient (Wildman–Crippen LogP) is 1.85. The number of ether oxygens (including phenoxy) is 1. The van der Waals surface area contributed by atoms with E-state index in [0.717, 1.165) is 25.9 Å². The molecule has 0 radical (unpaired) electrons. The molecule has 0 aliphatic carbocycles. The van der Waals surface area contributed by atoms with Crippen LogP contribution in [0.25, 0.3) is 0 Å². The van der Waals surface area contributed by atoms with E-state index in [2.05, 4.69) is 19.2 Å². The maximum Gasteiger partial charge on any atom is 0.317 e. The van der Waals surface area contributed by atoms with Gasteiger partial charge in [-0.2, -0.15) is 0 Å². The first-order valence-corrected chi connectivity index (χ1v) is 5.99. The Hall–Kier alpha value is -0.770. The third-order valence-electron chi connectivity index (χ3n) is 3.09. The Kier molecular flexibility index (Phi) is 4.59. The number of nitrogens with one attached hydrogen (secondary N) is 1. The van der Waals surface area contributed by atoms with E-state index >= 15 is 0 Å². The van der Waals surface area contributed by atoms with Crippen LogP contribution in [0.3, 0.4) is 0 Å². The molecule has 1 N–H and O–H groups in total. The minimum atomic E-state index is 0.0641. The van der Waals surface area contributed by atoms with Crippen LogP contribution >= 0.6 is 0 Å². The van der Waals surface area contributed by atoms with Crippen LogP contribution < -0.4 is 5.32 Å². The van der Waals surface area contributed by atoms with Crippen molar-refractivity contribution in [2.75, 3.05) is 26.8 Å². The minimum absolute atomic E-state index is 0.0641. The molecule has 1 rings (SSSR count). The number of hydrogen-bond acceptors (Lipinski definition) is 2. The summed E-state index contributed by atoms with van der Waals surface area (Å²) in [6, 6.07) is 0.241. The highest BCUT2D eigenvalue weighted by atomic mass is 16.5. The maximum absolute atomic E-state index is 11.9. The molecule has 1 atom stereocenters.